The van der Waals surface area contributed by atoms with E-state index in [4.69, 9.17) is 10.1 Å². The SMILES string of the molecule is CCOC(=O)CC(C)N(CC)C(=O)c1cc(C)ccc1N/N=C\C=N. The zero-order chi connectivity index (χ0) is 18.8. The molecule has 1 aromatic carbocycles. The van der Waals surface area contributed by atoms with Gasteiger partial charge in [0.2, 0.25) is 0 Å². The normalized spacial score (nSPS) is 11.8. The quantitative estimate of drug-likeness (QED) is 0.408. The molecule has 0 bridgehead atoms. The van der Waals surface area contributed by atoms with Gasteiger partial charge in [-0.25, -0.2) is 0 Å². The maximum Gasteiger partial charge on any atom is 0.307 e. The van der Waals surface area contributed by atoms with Crippen LogP contribution in [0.4, 0.5) is 5.69 Å². The lowest BCUT2D eigenvalue weighted by Gasteiger charge is -2.28. The van der Waals surface area contributed by atoms with Crippen LogP contribution >= 0.6 is 0 Å². The molecular formula is C18H26N4O3. The van der Waals surface area contributed by atoms with Crippen LogP contribution in [-0.4, -0.2) is 48.4 Å². The van der Waals surface area contributed by atoms with Gasteiger partial charge in [-0.15, -0.1) is 0 Å². The number of benzene rings is 1. The van der Waals surface area contributed by atoms with Gasteiger partial charge in [-0.1, -0.05) is 11.6 Å². The third-order valence-electron chi connectivity index (χ3n) is 3.64. The van der Waals surface area contributed by atoms with Crippen molar-refractivity contribution in [3.8, 4) is 0 Å². The largest absolute Gasteiger partial charge is 0.466 e. The molecule has 0 saturated heterocycles. The van der Waals surface area contributed by atoms with Crippen molar-refractivity contribution in [2.75, 3.05) is 18.6 Å². The summed E-state index contributed by atoms with van der Waals surface area (Å²) in [5.41, 5.74) is 4.75. The van der Waals surface area contributed by atoms with Gasteiger partial charge in [-0.2, -0.15) is 5.10 Å². The maximum absolute atomic E-state index is 13.0. The van der Waals surface area contributed by atoms with E-state index in [0.29, 0.717) is 24.4 Å². The highest BCUT2D eigenvalue weighted by Gasteiger charge is 2.24. The van der Waals surface area contributed by atoms with Gasteiger partial charge < -0.3 is 15.0 Å². The van der Waals surface area contributed by atoms with Crippen molar-refractivity contribution in [2.24, 2.45) is 5.10 Å². The molecule has 0 aliphatic heterocycles. The number of amides is 1. The number of carbonyl (C=O) groups is 2. The molecule has 2 N–H and O–H groups in total. The Morgan fingerprint density at radius 2 is 2.12 bits per heavy atom. The number of anilines is 1. The highest BCUT2D eigenvalue weighted by atomic mass is 16.5. The number of nitrogens with one attached hydrogen (secondary N) is 2. The highest BCUT2D eigenvalue weighted by Crippen LogP contribution is 2.21. The molecule has 1 amide bonds. The summed E-state index contributed by atoms with van der Waals surface area (Å²) in [5, 5.41) is 10.8. The number of carbonyl (C=O) groups excluding carboxylic acids is 2. The highest BCUT2D eigenvalue weighted by molar-refractivity contribution is 6.14. The van der Waals surface area contributed by atoms with E-state index < -0.39 is 0 Å². The molecule has 1 rings (SSSR count). The third-order valence-corrected chi connectivity index (χ3v) is 3.64. The number of hydrogen-bond donors (Lipinski definition) is 2. The Hall–Kier alpha value is -2.70. The molecule has 1 unspecified atom stereocenters. The summed E-state index contributed by atoms with van der Waals surface area (Å²) in [6.07, 6.45) is 2.48. The monoisotopic (exact) mass is 346 g/mol. The molecule has 7 nitrogen and oxygen atoms in total. The van der Waals surface area contributed by atoms with Gasteiger partial charge >= 0.3 is 5.97 Å². The van der Waals surface area contributed by atoms with Crippen LogP contribution in [0.1, 0.15) is 43.1 Å². The van der Waals surface area contributed by atoms with Crippen molar-refractivity contribution >= 4 is 30.0 Å². The molecule has 0 heterocycles. The van der Waals surface area contributed by atoms with Gasteiger partial charge in [-0.05, 0) is 39.8 Å². The Kier molecular flexibility index (Phi) is 8.32. The lowest BCUT2D eigenvalue weighted by molar-refractivity contribution is -0.144. The fraction of sp³-hybridized carbons (Fsp3) is 0.444. The van der Waals surface area contributed by atoms with E-state index in [-0.39, 0.29) is 24.3 Å². The predicted molar refractivity (Wildman–Crippen MR) is 99.5 cm³/mol. The Bertz CT molecular complexity index is 643. The van der Waals surface area contributed by atoms with E-state index in [0.717, 1.165) is 11.8 Å². The number of hydrazone groups is 1. The van der Waals surface area contributed by atoms with Crippen molar-refractivity contribution < 1.29 is 14.3 Å². The van der Waals surface area contributed by atoms with E-state index in [1.54, 1.807) is 24.0 Å². The van der Waals surface area contributed by atoms with Gasteiger partial charge in [0.25, 0.3) is 5.91 Å². The maximum atomic E-state index is 13.0. The number of rotatable bonds is 9. The summed E-state index contributed by atoms with van der Waals surface area (Å²) in [7, 11) is 0. The second-order valence-electron chi connectivity index (χ2n) is 5.56. The van der Waals surface area contributed by atoms with Gasteiger partial charge in [0.1, 0.15) is 0 Å². The van der Waals surface area contributed by atoms with E-state index in [1.165, 1.54) is 6.21 Å². The summed E-state index contributed by atoms with van der Waals surface area (Å²) in [6, 6.07) is 5.14. The van der Waals surface area contributed by atoms with Crippen LogP contribution in [0.25, 0.3) is 0 Å². The standard InChI is InChI=1S/C18H26N4O3/c1-5-22(14(4)12-17(23)25-6-2)18(24)15-11-13(3)7-8-16(15)21-20-10-9-19/h7-11,14,19,21H,5-6,12H2,1-4H3/b19-9?,20-10-. The van der Waals surface area contributed by atoms with Gasteiger partial charge in [0.15, 0.2) is 0 Å². The minimum atomic E-state index is -0.320. The van der Waals surface area contributed by atoms with E-state index in [9.17, 15) is 9.59 Å². The van der Waals surface area contributed by atoms with Crippen LogP contribution < -0.4 is 5.43 Å². The Morgan fingerprint density at radius 1 is 1.40 bits per heavy atom. The predicted octanol–water partition coefficient (Wildman–Crippen LogP) is 2.85. The molecular weight excluding hydrogens is 320 g/mol. The van der Waals surface area contributed by atoms with Crippen LogP contribution in [0.15, 0.2) is 23.3 Å². The minimum Gasteiger partial charge on any atom is -0.466 e. The van der Waals surface area contributed by atoms with Crippen LogP contribution in [0.5, 0.6) is 0 Å². The van der Waals surface area contributed by atoms with Crippen LogP contribution in [0, 0.1) is 12.3 Å². The third kappa shape index (κ3) is 6.02. The summed E-state index contributed by atoms with van der Waals surface area (Å²) in [6.45, 7) is 8.15. The molecule has 25 heavy (non-hydrogen) atoms. The molecule has 1 atom stereocenters. The lowest BCUT2D eigenvalue weighted by atomic mass is 10.1. The zero-order valence-electron chi connectivity index (χ0n) is 15.2. The van der Waals surface area contributed by atoms with Gasteiger partial charge in [-0.3, -0.25) is 15.0 Å². The van der Waals surface area contributed by atoms with Crippen molar-refractivity contribution in [1.82, 2.24) is 4.90 Å². The van der Waals surface area contributed by atoms with Crippen LogP contribution in [-0.2, 0) is 9.53 Å². The number of ether oxygens (including phenoxy) is 1. The second kappa shape index (κ2) is 10.2. The fourth-order valence-corrected chi connectivity index (χ4v) is 2.46. The van der Waals surface area contributed by atoms with E-state index in [2.05, 4.69) is 10.5 Å². The molecule has 0 aromatic heterocycles. The molecule has 1 aromatic rings. The first kappa shape index (κ1) is 20.3. The van der Waals surface area contributed by atoms with Crippen molar-refractivity contribution in [1.29, 1.82) is 5.41 Å². The van der Waals surface area contributed by atoms with Crippen molar-refractivity contribution in [3.05, 3.63) is 29.3 Å². The summed E-state index contributed by atoms with van der Waals surface area (Å²) >= 11 is 0. The molecule has 0 fully saturated rings. The Balaban J connectivity index is 3.05. The van der Waals surface area contributed by atoms with Gasteiger partial charge in [0, 0.05) is 18.8 Å². The number of hydrogen-bond acceptors (Lipinski definition) is 6. The molecule has 7 heteroatoms. The molecule has 0 radical (unpaired) electrons. The molecule has 0 saturated carbocycles. The first-order valence-corrected chi connectivity index (χ1v) is 8.29. The van der Waals surface area contributed by atoms with Crippen LogP contribution in [0.3, 0.4) is 0 Å². The number of aryl methyl sites for hydroxylation is 1. The summed E-state index contributed by atoms with van der Waals surface area (Å²) < 4.78 is 4.97. The first-order chi connectivity index (χ1) is 11.9. The number of nitrogens with zero attached hydrogens (tertiary/aromatic N) is 2. The molecule has 136 valence electrons. The van der Waals surface area contributed by atoms with E-state index >= 15 is 0 Å². The van der Waals surface area contributed by atoms with Gasteiger partial charge in [0.05, 0.1) is 30.5 Å². The summed E-state index contributed by atoms with van der Waals surface area (Å²) in [4.78, 5) is 26.4. The van der Waals surface area contributed by atoms with Crippen molar-refractivity contribution in [2.45, 2.75) is 40.2 Å². The lowest BCUT2D eigenvalue weighted by Crippen LogP contribution is -2.40. The Morgan fingerprint density at radius 3 is 2.72 bits per heavy atom. The molecule has 0 aliphatic carbocycles. The fourth-order valence-electron chi connectivity index (χ4n) is 2.46. The van der Waals surface area contributed by atoms with Crippen molar-refractivity contribution in [3.63, 3.8) is 0 Å². The zero-order valence-corrected chi connectivity index (χ0v) is 15.2. The average molecular weight is 346 g/mol. The topological polar surface area (TPSA) is 94.8 Å². The Labute approximate surface area is 148 Å². The first-order valence-electron chi connectivity index (χ1n) is 8.29. The minimum absolute atomic E-state index is 0.147. The molecule has 0 aliphatic rings. The van der Waals surface area contributed by atoms with Crippen LogP contribution in [0.2, 0.25) is 0 Å². The summed E-state index contributed by atoms with van der Waals surface area (Å²) in [5.74, 6) is -0.505. The smallest absolute Gasteiger partial charge is 0.307 e. The number of esters is 1. The second-order valence-corrected chi connectivity index (χ2v) is 5.56. The van der Waals surface area contributed by atoms with E-state index in [1.807, 2.05) is 26.8 Å². The molecule has 0 spiro atoms. The average Bonchev–Trinajstić information content (AvgIpc) is 2.57.